The highest BCUT2D eigenvalue weighted by atomic mass is 16.5. The molecule has 2 aliphatic rings. The third-order valence-corrected chi connectivity index (χ3v) is 3.49. The summed E-state index contributed by atoms with van der Waals surface area (Å²) in [5, 5.41) is 8.81. The highest BCUT2D eigenvalue weighted by molar-refractivity contribution is 5.85. The van der Waals surface area contributed by atoms with E-state index >= 15 is 0 Å². The molecule has 2 rings (SSSR count). The van der Waals surface area contributed by atoms with Crippen LogP contribution in [-0.2, 0) is 14.3 Å². The van der Waals surface area contributed by atoms with E-state index in [1.165, 1.54) is 0 Å². The van der Waals surface area contributed by atoms with E-state index in [1.54, 1.807) is 13.0 Å². The highest BCUT2D eigenvalue weighted by Gasteiger charge is 2.37. The molecule has 0 aromatic carbocycles. The van der Waals surface area contributed by atoms with E-state index in [4.69, 9.17) is 9.84 Å². The maximum atomic E-state index is 11.3. The molecule has 4 nitrogen and oxygen atoms in total. The Kier molecular flexibility index (Phi) is 2.99. The Balaban J connectivity index is 2.09. The summed E-state index contributed by atoms with van der Waals surface area (Å²) in [4.78, 5) is 22.0. The van der Waals surface area contributed by atoms with Crippen molar-refractivity contribution in [2.75, 3.05) is 0 Å². The van der Waals surface area contributed by atoms with Gasteiger partial charge in [-0.15, -0.1) is 0 Å². The van der Waals surface area contributed by atoms with E-state index in [0.717, 1.165) is 19.3 Å². The van der Waals surface area contributed by atoms with Crippen molar-refractivity contribution in [3.05, 3.63) is 11.6 Å². The van der Waals surface area contributed by atoms with E-state index in [1.807, 2.05) is 0 Å². The van der Waals surface area contributed by atoms with E-state index < -0.39 is 5.97 Å². The van der Waals surface area contributed by atoms with Gasteiger partial charge in [-0.2, -0.15) is 0 Å². The van der Waals surface area contributed by atoms with Crippen LogP contribution in [0.2, 0.25) is 0 Å². The van der Waals surface area contributed by atoms with Gasteiger partial charge in [-0.1, -0.05) is 6.08 Å². The second-order valence-corrected chi connectivity index (χ2v) is 4.73. The molecule has 4 heteroatoms. The Morgan fingerprint density at radius 2 is 2.25 bits per heavy atom. The van der Waals surface area contributed by atoms with Crippen molar-refractivity contribution >= 4 is 11.9 Å². The van der Waals surface area contributed by atoms with Gasteiger partial charge in [0, 0.05) is 17.9 Å². The van der Waals surface area contributed by atoms with Gasteiger partial charge < -0.3 is 9.84 Å². The van der Waals surface area contributed by atoms with Gasteiger partial charge in [0.15, 0.2) is 0 Å². The lowest BCUT2D eigenvalue weighted by Gasteiger charge is -2.38. The zero-order valence-corrected chi connectivity index (χ0v) is 9.31. The van der Waals surface area contributed by atoms with E-state index in [-0.39, 0.29) is 18.0 Å². The number of ether oxygens (including phenoxy) is 1. The van der Waals surface area contributed by atoms with Gasteiger partial charge in [0.2, 0.25) is 0 Å². The average Bonchev–Trinajstić information content (AvgIpc) is 2.21. The number of carboxylic acids is 1. The fraction of sp³-hybridized carbons (Fsp3) is 0.667. The fourth-order valence-corrected chi connectivity index (χ4v) is 2.59. The largest absolute Gasteiger partial charge is 0.478 e. The van der Waals surface area contributed by atoms with Crippen LogP contribution in [0.25, 0.3) is 0 Å². The monoisotopic (exact) mass is 224 g/mol. The minimum absolute atomic E-state index is 0.0802. The molecule has 0 aromatic rings. The molecular weight excluding hydrogens is 208 g/mol. The molecule has 1 saturated carbocycles. The SMILES string of the molecule is CC(=CC1CCC2CC(=O)OC1C2)C(=O)O. The molecule has 0 radical (unpaired) electrons. The summed E-state index contributed by atoms with van der Waals surface area (Å²) in [7, 11) is 0. The molecule has 88 valence electrons. The highest BCUT2D eigenvalue weighted by Crippen LogP contribution is 2.38. The minimum Gasteiger partial charge on any atom is -0.478 e. The Bertz CT molecular complexity index is 345. The van der Waals surface area contributed by atoms with Crippen LogP contribution < -0.4 is 0 Å². The van der Waals surface area contributed by atoms with Crippen molar-refractivity contribution in [3.8, 4) is 0 Å². The maximum absolute atomic E-state index is 11.3. The first kappa shape index (κ1) is 11.2. The van der Waals surface area contributed by atoms with Crippen molar-refractivity contribution in [3.63, 3.8) is 0 Å². The fourth-order valence-electron chi connectivity index (χ4n) is 2.59. The number of esters is 1. The summed E-state index contributed by atoms with van der Waals surface area (Å²) in [5.74, 6) is -0.505. The Morgan fingerprint density at radius 3 is 2.94 bits per heavy atom. The van der Waals surface area contributed by atoms with E-state index in [0.29, 0.717) is 17.9 Å². The van der Waals surface area contributed by atoms with Crippen molar-refractivity contribution in [2.45, 2.75) is 38.7 Å². The summed E-state index contributed by atoms with van der Waals surface area (Å²) in [6.45, 7) is 1.58. The quantitative estimate of drug-likeness (QED) is 0.573. The molecule has 0 amide bonds. The van der Waals surface area contributed by atoms with Gasteiger partial charge in [-0.3, -0.25) is 4.79 Å². The molecule has 1 aliphatic heterocycles. The smallest absolute Gasteiger partial charge is 0.330 e. The third kappa shape index (κ3) is 2.26. The van der Waals surface area contributed by atoms with E-state index in [2.05, 4.69) is 0 Å². The number of aliphatic carboxylic acids is 1. The van der Waals surface area contributed by atoms with E-state index in [9.17, 15) is 9.59 Å². The lowest BCUT2D eigenvalue weighted by atomic mass is 9.76. The summed E-state index contributed by atoms with van der Waals surface area (Å²) in [5.41, 5.74) is 0.338. The van der Waals surface area contributed by atoms with Crippen molar-refractivity contribution < 1.29 is 19.4 Å². The lowest BCUT2D eigenvalue weighted by Crippen LogP contribution is -2.38. The first-order chi connectivity index (χ1) is 7.56. The average molecular weight is 224 g/mol. The topological polar surface area (TPSA) is 63.6 Å². The van der Waals surface area contributed by atoms with Crippen LogP contribution in [0, 0.1) is 11.8 Å². The zero-order chi connectivity index (χ0) is 11.7. The molecule has 1 saturated heterocycles. The molecule has 1 heterocycles. The van der Waals surface area contributed by atoms with Gasteiger partial charge in [0.25, 0.3) is 0 Å². The third-order valence-electron chi connectivity index (χ3n) is 3.49. The van der Waals surface area contributed by atoms with Crippen LogP contribution >= 0.6 is 0 Å². The van der Waals surface area contributed by atoms with Crippen LogP contribution in [-0.4, -0.2) is 23.1 Å². The minimum atomic E-state index is -0.899. The van der Waals surface area contributed by atoms with Crippen LogP contribution in [0.3, 0.4) is 0 Å². The number of carboxylic acid groups (broad SMARTS) is 1. The Hall–Kier alpha value is -1.32. The second kappa shape index (κ2) is 4.28. The van der Waals surface area contributed by atoms with Gasteiger partial charge in [0.1, 0.15) is 6.10 Å². The molecule has 2 bridgehead atoms. The van der Waals surface area contributed by atoms with Crippen LogP contribution in [0.5, 0.6) is 0 Å². The van der Waals surface area contributed by atoms with Gasteiger partial charge in [0.05, 0.1) is 0 Å². The number of hydrogen-bond donors (Lipinski definition) is 1. The molecule has 1 N–H and O–H groups in total. The first-order valence-corrected chi connectivity index (χ1v) is 5.67. The first-order valence-electron chi connectivity index (χ1n) is 5.67. The van der Waals surface area contributed by atoms with Crippen LogP contribution in [0.1, 0.15) is 32.6 Å². The molecule has 16 heavy (non-hydrogen) atoms. The predicted molar refractivity (Wildman–Crippen MR) is 56.7 cm³/mol. The van der Waals surface area contributed by atoms with Gasteiger partial charge >= 0.3 is 11.9 Å². The Labute approximate surface area is 94.3 Å². The standard InChI is InChI=1S/C12H16O4/c1-7(12(14)15)4-9-3-2-8-5-10(9)16-11(13)6-8/h4,8-10H,2-3,5-6H2,1H3,(H,14,15). The summed E-state index contributed by atoms with van der Waals surface area (Å²) in [6, 6.07) is 0. The molecule has 3 atom stereocenters. The summed E-state index contributed by atoms with van der Waals surface area (Å²) in [6.07, 6.45) is 4.98. The molecule has 3 unspecified atom stereocenters. The van der Waals surface area contributed by atoms with Gasteiger partial charge in [-0.25, -0.2) is 4.79 Å². The normalized spacial score (nSPS) is 34.4. The molecule has 0 spiro atoms. The van der Waals surface area contributed by atoms with Crippen molar-refractivity contribution in [2.24, 2.45) is 11.8 Å². The molecule has 1 aliphatic carbocycles. The predicted octanol–water partition coefficient (Wildman–Crippen LogP) is 1.75. The maximum Gasteiger partial charge on any atom is 0.330 e. The molecule has 0 aromatic heterocycles. The number of carbonyl (C=O) groups excluding carboxylic acids is 1. The lowest BCUT2D eigenvalue weighted by molar-refractivity contribution is -0.162. The number of hydrogen-bond acceptors (Lipinski definition) is 3. The zero-order valence-electron chi connectivity index (χ0n) is 9.31. The second-order valence-electron chi connectivity index (χ2n) is 4.73. The van der Waals surface area contributed by atoms with Crippen molar-refractivity contribution in [1.82, 2.24) is 0 Å². The van der Waals surface area contributed by atoms with Crippen molar-refractivity contribution in [1.29, 1.82) is 0 Å². The van der Waals surface area contributed by atoms with Crippen LogP contribution in [0.15, 0.2) is 11.6 Å². The summed E-state index contributed by atoms with van der Waals surface area (Å²) < 4.78 is 5.27. The summed E-state index contributed by atoms with van der Waals surface area (Å²) >= 11 is 0. The van der Waals surface area contributed by atoms with Gasteiger partial charge in [-0.05, 0) is 32.1 Å². The Morgan fingerprint density at radius 1 is 1.50 bits per heavy atom. The molecule has 2 fully saturated rings. The molecular formula is C12H16O4. The number of rotatable bonds is 2. The number of carbonyl (C=O) groups is 2. The van der Waals surface area contributed by atoms with Crippen LogP contribution in [0.4, 0.5) is 0 Å². The number of fused-ring (bicyclic) bond motifs is 2.